The summed E-state index contributed by atoms with van der Waals surface area (Å²) in [4.78, 5) is 26.0. The van der Waals surface area contributed by atoms with Crippen molar-refractivity contribution in [1.82, 2.24) is 4.90 Å². The van der Waals surface area contributed by atoms with Gasteiger partial charge in [0.25, 0.3) is 11.1 Å². The van der Waals surface area contributed by atoms with Crippen molar-refractivity contribution < 1.29 is 14.0 Å². The lowest BCUT2D eigenvalue weighted by atomic mass is 10.2. The monoisotopic (exact) mass is 439 g/mol. The first kappa shape index (κ1) is 16.2. The molecule has 3 nitrogen and oxygen atoms in total. The van der Waals surface area contributed by atoms with Gasteiger partial charge in [-0.3, -0.25) is 14.5 Å². The summed E-state index contributed by atoms with van der Waals surface area (Å²) in [6.45, 7) is 0.148. The number of nitrogens with zero attached hydrogens (tertiary/aromatic N) is 1. The van der Waals surface area contributed by atoms with E-state index in [4.69, 9.17) is 0 Å². The van der Waals surface area contributed by atoms with Crippen molar-refractivity contribution in [2.75, 3.05) is 0 Å². The quantitative estimate of drug-likeness (QED) is 0.516. The van der Waals surface area contributed by atoms with E-state index >= 15 is 0 Å². The minimum atomic E-state index is -0.346. The van der Waals surface area contributed by atoms with Gasteiger partial charge in [0.1, 0.15) is 5.82 Å². The smallest absolute Gasteiger partial charge is 0.268 e. The third kappa shape index (κ3) is 3.81. The molecule has 0 N–H and O–H groups in total. The van der Waals surface area contributed by atoms with Crippen LogP contribution in [0.5, 0.6) is 0 Å². The zero-order chi connectivity index (χ0) is 16.4. The summed E-state index contributed by atoms with van der Waals surface area (Å²) in [6, 6.07) is 13.4. The number of thioether (sulfide) groups is 1. The Morgan fingerprint density at radius 3 is 2.35 bits per heavy atom. The van der Waals surface area contributed by atoms with Crippen molar-refractivity contribution in [2.24, 2.45) is 0 Å². The molecule has 1 aliphatic rings. The highest BCUT2D eigenvalue weighted by molar-refractivity contribution is 14.1. The fourth-order valence-electron chi connectivity index (χ4n) is 2.12. The van der Waals surface area contributed by atoms with Gasteiger partial charge in [-0.25, -0.2) is 4.39 Å². The molecule has 0 atom stereocenters. The van der Waals surface area contributed by atoms with E-state index in [0.29, 0.717) is 10.5 Å². The molecule has 0 bridgehead atoms. The summed E-state index contributed by atoms with van der Waals surface area (Å²) in [7, 11) is 0. The van der Waals surface area contributed by atoms with Crippen LogP contribution in [0.15, 0.2) is 53.4 Å². The van der Waals surface area contributed by atoms with Crippen molar-refractivity contribution in [3.05, 3.63) is 74.0 Å². The highest BCUT2D eigenvalue weighted by atomic mass is 127. The Morgan fingerprint density at radius 2 is 1.70 bits per heavy atom. The van der Waals surface area contributed by atoms with Crippen LogP contribution >= 0.6 is 34.4 Å². The van der Waals surface area contributed by atoms with Gasteiger partial charge >= 0.3 is 0 Å². The highest BCUT2D eigenvalue weighted by Gasteiger charge is 2.34. The first-order chi connectivity index (χ1) is 11.0. The molecule has 1 heterocycles. The minimum Gasteiger partial charge on any atom is -0.268 e. The average Bonchev–Trinajstić information content (AvgIpc) is 2.79. The number of amides is 2. The van der Waals surface area contributed by atoms with Crippen LogP contribution < -0.4 is 0 Å². The maximum Gasteiger partial charge on any atom is 0.293 e. The molecule has 0 aliphatic carbocycles. The van der Waals surface area contributed by atoms with Crippen molar-refractivity contribution >= 4 is 51.6 Å². The molecule has 116 valence electrons. The van der Waals surface area contributed by atoms with E-state index in [2.05, 4.69) is 22.6 Å². The Morgan fingerprint density at radius 1 is 1.04 bits per heavy atom. The fourth-order valence-corrected chi connectivity index (χ4v) is 3.32. The van der Waals surface area contributed by atoms with E-state index in [0.717, 1.165) is 20.9 Å². The number of carbonyl (C=O) groups is 2. The highest BCUT2D eigenvalue weighted by Crippen LogP contribution is 2.33. The lowest BCUT2D eigenvalue weighted by Crippen LogP contribution is -2.27. The van der Waals surface area contributed by atoms with Crippen LogP contribution in [-0.4, -0.2) is 16.0 Å². The summed E-state index contributed by atoms with van der Waals surface area (Å²) in [6.07, 6.45) is 1.71. The molecule has 2 amide bonds. The zero-order valence-electron chi connectivity index (χ0n) is 11.8. The minimum absolute atomic E-state index is 0.148. The Kier molecular flexibility index (Phi) is 4.82. The van der Waals surface area contributed by atoms with Crippen molar-refractivity contribution in [3.8, 4) is 0 Å². The van der Waals surface area contributed by atoms with Gasteiger partial charge in [-0.15, -0.1) is 0 Å². The van der Waals surface area contributed by atoms with Gasteiger partial charge in [-0.2, -0.15) is 0 Å². The van der Waals surface area contributed by atoms with Gasteiger partial charge in [0.15, 0.2) is 0 Å². The lowest BCUT2D eigenvalue weighted by Gasteiger charge is -2.12. The summed E-state index contributed by atoms with van der Waals surface area (Å²) >= 11 is 3.13. The van der Waals surface area contributed by atoms with Gasteiger partial charge in [0.2, 0.25) is 0 Å². The van der Waals surface area contributed by atoms with Crippen LogP contribution in [0.4, 0.5) is 9.18 Å². The molecular weight excluding hydrogens is 428 g/mol. The second-order valence-electron chi connectivity index (χ2n) is 4.95. The second-order valence-corrected chi connectivity index (χ2v) is 7.18. The van der Waals surface area contributed by atoms with Gasteiger partial charge in [-0.1, -0.05) is 24.3 Å². The van der Waals surface area contributed by atoms with E-state index in [-0.39, 0.29) is 23.5 Å². The molecule has 2 aromatic carbocycles. The topological polar surface area (TPSA) is 37.4 Å². The Bertz CT molecular complexity index is 787. The SMILES string of the molecule is O=C1S/C(=C\c2ccc(I)cc2)C(=O)N1Cc1ccc(F)cc1. The number of imide groups is 1. The summed E-state index contributed by atoms with van der Waals surface area (Å²) in [5.41, 5.74) is 1.59. The molecule has 1 saturated heterocycles. The number of hydrogen-bond donors (Lipinski definition) is 0. The maximum absolute atomic E-state index is 12.9. The largest absolute Gasteiger partial charge is 0.293 e. The predicted octanol–water partition coefficient (Wildman–Crippen LogP) is 4.67. The van der Waals surface area contributed by atoms with Crippen molar-refractivity contribution in [2.45, 2.75) is 6.54 Å². The maximum atomic E-state index is 12.9. The van der Waals surface area contributed by atoms with Gasteiger partial charge in [0, 0.05) is 3.57 Å². The second kappa shape index (κ2) is 6.84. The molecule has 1 aliphatic heterocycles. The number of benzene rings is 2. The van der Waals surface area contributed by atoms with Crippen LogP contribution in [0.2, 0.25) is 0 Å². The molecule has 2 aromatic rings. The van der Waals surface area contributed by atoms with E-state index in [9.17, 15) is 14.0 Å². The van der Waals surface area contributed by atoms with E-state index < -0.39 is 0 Å². The van der Waals surface area contributed by atoms with Crippen LogP contribution in [0.1, 0.15) is 11.1 Å². The number of carbonyl (C=O) groups excluding carboxylic acids is 2. The molecule has 6 heteroatoms. The third-order valence-corrected chi connectivity index (χ3v) is 4.92. The Hall–Kier alpha value is -1.67. The first-order valence-corrected chi connectivity index (χ1v) is 8.68. The summed E-state index contributed by atoms with van der Waals surface area (Å²) < 4.78 is 14.0. The first-order valence-electron chi connectivity index (χ1n) is 6.78. The molecule has 23 heavy (non-hydrogen) atoms. The molecule has 1 fully saturated rings. The van der Waals surface area contributed by atoms with Gasteiger partial charge < -0.3 is 0 Å². The Labute approximate surface area is 150 Å². The fraction of sp³-hybridized carbons (Fsp3) is 0.0588. The number of halogens is 2. The predicted molar refractivity (Wildman–Crippen MR) is 97.1 cm³/mol. The van der Waals surface area contributed by atoms with E-state index in [1.807, 2.05) is 24.3 Å². The molecule has 0 unspecified atom stereocenters. The summed E-state index contributed by atoms with van der Waals surface area (Å²) in [5, 5.41) is -0.309. The van der Waals surface area contributed by atoms with E-state index in [1.165, 1.54) is 17.0 Å². The number of hydrogen-bond acceptors (Lipinski definition) is 3. The molecule has 0 saturated carbocycles. The lowest BCUT2D eigenvalue weighted by molar-refractivity contribution is -0.123. The van der Waals surface area contributed by atoms with Crippen molar-refractivity contribution in [1.29, 1.82) is 0 Å². The van der Waals surface area contributed by atoms with Gasteiger partial charge in [-0.05, 0) is 75.8 Å². The normalized spacial score (nSPS) is 16.4. The van der Waals surface area contributed by atoms with Gasteiger partial charge in [0.05, 0.1) is 11.4 Å². The molecule has 0 spiro atoms. The molecule has 0 radical (unpaired) electrons. The standard InChI is InChI=1S/C17H11FINO2S/c18-13-5-1-12(2-6-13)10-20-16(21)15(23-17(20)22)9-11-3-7-14(19)8-4-11/h1-9H,10H2/b15-9-. The average molecular weight is 439 g/mol. The van der Waals surface area contributed by atoms with Crippen LogP contribution in [0, 0.1) is 9.39 Å². The Balaban J connectivity index is 1.79. The third-order valence-electron chi connectivity index (χ3n) is 3.30. The van der Waals surface area contributed by atoms with Crippen LogP contribution in [0.3, 0.4) is 0 Å². The molecule has 3 rings (SSSR count). The molecular formula is C17H11FINO2S. The van der Waals surface area contributed by atoms with Crippen LogP contribution in [0.25, 0.3) is 6.08 Å². The zero-order valence-corrected chi connectivity index (χ0v) is 14.8. The molecule has 0 aromatic heterocycles. The van der Waals surface area contributed by atoms with Crippen molar-refractivity contribution in [3.63, 3.8) is 0 Å². The summed E-state index contributed by atoms with van der Waals surface area (Å²) in [5.74, 6) is -0.663. The van der Waals surface area contributed by atoms with Crippen LogP contribution in [-0.2, 0) is 11.3 Å². The number of rotatable bonds is 3. The van der Waals surface area contributed by atoms with E-state index in [1.54, 1.807) is 18.2 Å².